The average Bonchev–Trinajstić information content (AvgIpc) is 2.94. The largest absolute Gasteiger partial charge is 0.100 e. The Morgan fingerprint density at radius 2 is 0.723 bits per heavy atom. The zero-order chi connectivity index (χ0) is 40.1. The second-order valence-corrected chi connectivity index (χ2v) is 17.5. The predicted octanol–water partition coefficient (Wildman–Crippen LogP) is 16.3. The van der Waals surface area contributed by atoms with Crippen molar-refractivity contribution in [3.8, 4) is 11.8 Å². The molecular weight excluding hydrogens is 565 g/mol. The molecule has 0 atom stereocenters. The minimum absolute atomic E-state index is 0.286. The van der Waals surface area contributed by atoms with Crippen molar-refractivity contribution in [3.05, 3.63) is 47.1 Å². The first kappa shape index (κ1) is 52.3. The van der Waals surface area contributed by atoms with Gasteiger partial charge in [0.2, 0.25) is 0 Å². The van der Waals surface area contributed by atoms with Crippen molar-refractivity contribution in [3.63, 3.8) is 0 Å². The van der Waals surface area contributed by atoms with Crippen LogP contribution in [0.2, 0.25) is 0 Å². The van der Waals surface area contributed by atoms with Gasteiger partial charge in [0.1, 0.15) is 0 Å². The molecule has 0 unspecified atom stereocenters. The van der Waals surface area contributed by atoms with Crippen LogP contribution in [0.5, 0.6) is 0 Å². The van der Waals surface area contributed by atoms with Crippen LogP contribution in [-0.4, -0.2) is 0 Å². The van der Waals surface area contributed by atoms with Gasteiger partial charge in [-0.3, -0.25) is 0 Å². The number of hydrogen-bond acceptors (Lipinski definition) is 0. The SMILES string of the molecule is C/C(=C(/C)C(C)C)C(C)C.C=C(C(C)C)C(C)(C)C(C)C.C=C(C(C)C)C(C)(C)C(C)C.CC(C)C#CC(C)C.[3H]/C(C)=C(/C)C(C)C. The molecule has 0 radical (unpaired) electrons. The van der Waals surface area contributed by atoms with Gasteiger partial charge in [0.15, 0.2) is 0 Å². The second-order valence-electron chi connectivity index (χ2n) is 17.5. The van der Waals surface area contributed by atoms with Crippen molar-refractivity contribution in [2.24, 2.45) is 64.1 Å². The van der Waals surface area contributed by atoms with Gasteiger partial charge in [0.25, 0.3) is 0 Å². The van der Waals surface area contributed by atoms with Crippen molar-refractivity contribution in [2.75, 3.05) is 0 Å². The van der Waals surface area contributed by atoms with E-state index in [0.717, 1.165) is 0 Å². The smallest absolute Gasteiger partial charge is 0.0572 e. The molecule has 0 aliphatic rings. The maximum absolute atomic E-state index is 7.19. The molecule has 0 aliphatic carbocycles. The van der Waals surface area contributed by atoms with E-state index in [1.165, 1.54) is 16.7 Å². The van der Waals surface area contributed by atoms with Gasteiger partial charge in [-0.25, -0.2) is 0 Å². The molecule has 0 amide bonds. The zero-order valence-corrected chi connectivity index (χ0v) is 37.6. The van der Waals surface area contributed by atoms with Gasteiger partial charge < -0.3 is 0 Å². The monoisotopic (exact) mass is 659 g/mol. The van der Waals surface area contributed by atoms with Gasteiger partial charge in [-0.05, 0) is 80.0 Å². The first-order valence-corrected chi connectivity index (χ1v) is 18.9. The van der Waals surface area contributed by atoms with E-state index >= 15 is 0 Å². The third kappa shape index (κ3) is 28.1. The van der Waals surface area contributed by atoms with Crippen LogP contribution in [-0.2, 0) is 0 Å². The molecular formula is C47H92. The molecule has 0 heteroatoms. The lowest BCUT2D eigenvalue weighted by molar-refractivity contribution is 0.288. The molecule has 0 saturated carbocycles. The van der Waals surface area contributed by atoms with Crippen LogP contribution in [0, 0.1) is 75.9 Å². The van der Waals surface area contributed by atoms with E-state index in [1.807, 2.05) is 13.8 Å². The normalized spacial score (nSPS) is 13.0. The molecule has 0 saturated heterocycles. The van der Waals surface area contributed by atoms with Gasteiger partial charge in [-0.15, -0.1) is 11.8 Å². The van der Waals surface area contributed by atoms with Gasteiger partial charge in [0, 0.05) is 11.8 Å². The highest BCUT2D eigenvalue weighted by atomic mass is 14.3. The van der Waals surface area contributed by atoms with Crippen LogP contribution >= 0.6 is 0 Å². The Morgan fingerprint density at radius 3 is 0.787 bits per heavy atom. The van der Waals surface area contributed by atoms with Crippen molar-refractivity contribution < 1.29 is 1.37 Å². The van der Waals surface area contributed by atoms with Crippen molar-refractivity contribution in [1.29, 1.82) is 0 Å². The van der Waals surface area contributed by atoms with Crippen LogP contribution in [0.3, 0.4) is 0 Å². The van der Waals surface area contributed by atoms with Crippen LogP contribution < -0.4 is 0 Å². The quantitative estimate of drug-likeness (QED) is 0.171. The van der Waals surface area contributed by atoms with Crippen LogP contribution in [0.15, 0.2) is 47.1 Å². The standard InChI is InChI=1S/2C11H22.C10H20.C8H14.C7H14/c2*1-8(2)10(5)11(6,7)9(3)4;1-7(2)9(5)10(6)8(3)4;1-7(2)5-6-8(3)4;1-5-7(4)6(2)3/h2*8-9H,5H2,1-4,6-7H3;7-8H,1-6H3;7-8H,1-4H3;5-6H,1-4H3/b;;10-9+;;7-5+/i;;;;5T. The molecule has 0 heterocycles. The molecule has 0 aromatic heterocycles. The molecule has 47 heavy (non-hydrogen) atoms. The van der Waals surface area contributed by atoms with Crippen LogP contribution in [0.4, 0.5) is 0 Å². The van der Waals surface area contributed by atoms with Crippen molar-refractivity contribution in [1.82, 2.24) is 0 Å². The van der Waals surface area contributed by atoms with E-state index in [-0.39, 0.29) is 10.8 Å². The van der Waals surface area contributed by atoms with Crippen LogP contribution in [0.25, 0.3) is 0 Å². The minimum Gasteiger partial charge on any atom is -0.100 e. The Balaban J connectivity index is -0.000000162. The van der Waals surface area contributed by atoms with E-state index in [0.29, 0.717) is 59.3 Å². The molecule has 0 spiro atoms. The zero-order valence-electron chi connectivity index (χ0n) is 38.6. The molecule has 280 valence electrons. The molecule has 0 fully saturated rings. The first-order chi connectivity index (χ1) is 21.2. The van der Waals surface area contributed by atoms with Crippen molar-refractivity contribution >= 4 is 0 Å². The summed E-state index contributed by atoms with van der Waals surface area (Å²) in [6.45, 7) is 65.2. The lowest BCUT2D eigenvalue weighted by Crippen LogP contribution is -2.24. The molecule has 0 aliphatic heterocycles. The molecule has 0 rings (SSSR count). The van der Waals surface area contributed by atoms with E-state index in [4.69, 9.17) is 1.37 Å². The highest BCUT2D eigenvalue weighted by Gasteiger charge is 2.27. The number of hydrogen-bond donors (Lipinski definition) is 0. The second kappa shape index (κ2) is 27.4. The third-order valence-corrected chi connectivity index (χ3v) is 10.2. The molecule has 0 bridgehead atoms. The summed E-state index contributed by atoms with van der Waals surface area (Å²) in [4.78, 5) is 0. The predicted molar refractivity (Wildman–Crippen MR) is 225 cm³/mol. The summed E-state index contributed by atoms with van der Waals surface area (Å²) in [6.07, 6.45) is 0. The summed E-state index contributed by atoms with van der Waals surface area (Å²) in [5.74, 6) is 11.8. The van der Waals surface area contributed by atoms with E-state index < -0.39 is 0 Å². The van der Waals surface area contributed by atoms with Gasteiger partial charge >= 0.3 is 0 Å². The minimum atomic E-state index is 0.286. The Hall–Kier alpha value is -1.48. The summed E-state index contributed by atoms with van der Waals surface area (Å²) >= 11 is 0. The summed E-state index contributed by atoms with van der Waals surface area (Å²) in [6, 6.07) is 0.708. The topological polar surface area (TPSA) is 0 Å². The maximum atomic E-state index is 7.19. The third-order valence-electron chi connectivity index (χ3n) is 10.2. The van der Waals surface area contributed by atoms with Gasteiger partial charge in [-0.2, -0.15) is 0 Å². The molecule has 0 N–H and O–H groups in total. The molecule has 0 nitrogen and oxygen atoms in total. The Kier molecular flexibility index (Phi) is 30.5. The Morgan fingerprint density at radius 1 is 0.489 bits per heavy atom. The lowest BCUT2D eigenvalue weighted by atomic mass is 9.72. The Labute approximate surface area is 303 Å². The van der Waals surface area contributed by atoms with E-state index in [2.05, 4.69) is 191 Å². The lowest BCUT2D eigenvalue weighted by Gasteiger charge is -2.34. The fourth-order valence-corrected chi connectivity index (χ4v) is 3.76. The fourth-order valence-electron chi connectivity index (χ4n) is 3.76. The van der Waals surface area contributed by atoms with Gasteiger partial charge in [-0.1, -0.05) is 199 Å². The highest BCUT2D eigenvalue weighted by molar-refractivity contribution is 5.13. The summed E-state index contributed by atoms with van der Waals surface area (Å²) < 4.78 is 7.19. The average molecular weight is 659 g/mol. The highest BCUT2D eigenvalue weighted by Crippen LogP contribution is 2.38. The molecule has 0 aromatic rings. The molecule has 0 aromatic carbocycles. The van der Waals surface area contributed by atoms with E-state index in [9.17, 15) is 0 Å². The fraction of sp³-hybridized carbons (Fsp3) is 0.787. The summed E-state index contributed by atoms with van der Waals surface area (Å²) in [5.41, 5.74) is 7.59. The number of rotatable bonds is 9. The number of allylic oxidation sites excluding steroid dienone is 6. The maximum Gasteiger partial charge on any atom is 0.0572 e. The Bertz CT molecular complexity index is 917. The summed E-state index contributed by atoms with van der Waals surface area (Å²) in [7, 11) is 0. The van der Waals surface area contributed by atoms with Crippen molar-refractivity contribution in [2.45, 2.75) is 180 Å². The van der Waals surface area contributed by atoms with E-state index in [1.54, 1.807) is 11.1 Å². The summed E-state index contributed by atoms with van der Waals surface area (Å²) in [5, 5.41) is 0. The first-order valence-electron chi connectivity index (χ1n) is 19.4. The van der Waals surface area contributed by atoms with Gasteiger partial charge in [0.05, 0.1) is 1.37 Å². The van der Waals surface area contributed by atoms with Crippen LogP contribution in [0.1, 0.15) is 181 Å².